The van der Waals surface area contributed by atoms with Crippen LogP contribution in [-0.2, 0) is 0 Å². The van der Waals surface area contributed by atoms with E-state index in [0.717, 1.165) is 0 Å². The van der Waals surface area contributed by atoms with E-state index in [1.165, 1.54) is 16.7 Å². The van der Waals surface area contributed by atoms with Crippen LogP contribution in [0.1, 0.15) is 43.5 Å². The van der Waals surface area contributed by atoms with Crippen molar-refractivity contribution in [3.8, 4) is 0 Å². The summed E-state index contributed by atoms with van der Waals surface area (Å²) in [6.45, 7) is 10.9. The Morgan fingerprint density at radius 3 is 2.24 bits per heavy atom. The molecule has 0 aliphatic heterocycles. The van der Waals surface area contributed by atoms with E-state index in [0.29, 0.717) is 5.92 Å². The van der Waals surface area contributed by atoms with Gasteiger partial charge in [0, 0.05) is 12.1 Å². The number of hydrogen-bond donors (Lipinski definition) is 2. The molecule has 0 heterocycles. The third-order valence-electron chi connectivity index (χ3n) is 3.50. The fourth-order valence-electron chi connectivity index (χ4n) is 1.91. The first-order valence-electron chi connectivity index (χ1n) is 6.39. The van der Waals surface area contributed by atoms with Crippen molar-refractivity contribution < 1.29 is 5.11 Å². The maximum Gasteiger partial charge on any atom is 0.0587 e. The molecule has 2 N–H and O–H groups in total. The average Bonchev–Trinajstić information content (AvgIpc) is 2.28. The summed E-state index contributed by atoms with van der Waals surface area (Å²) in [6, 6.07) is 6.98. The highest BCUT2D eigenvalue weighted by Gasteiger charge is 2.15. The van der Waals surface area contributed by atoms with Crippen LogP contribution in [0, 0.1) is 19.8 Å². The van der Waals surface area contributed by atoms with Gasteiger partial charge in [-0.2, -0.15) is 0 Å². The number of aryl methyl sites for hydroxylation is 2. The van der Waals surface area contributed by atoms with Gasteiger partial charge in [0.1, 0.15) is 0 Å². The smallest absolute Gasteiger partial charge is 0.0587 e. The van der Waals surface area contributed by atoms with E-state index in [1.807, 2.05) is 0 Å². The molecule has 0 amide bonds. The second-order valence-corrected chi connectivity index (χ2v) is 5.27. The Morgan fingerprint density at radius 1 is 1.12 bits per heavy atom. The van der Waals surface area contributed by atoms with Crippen molar-refractivity contribution in [3.05, 3.63) is 34.9 Å². The fourth-order valence-corrected chi connectivity index (χ4v) is 1.91. The van der Waals surface area contributed by atoms with E-state index < -0.39 is 0 Å². The normalized spacial score (nSPS) is 15.0. The summed E-state index contributed by atoms with van der Waals surface area (Å²) in [6.07, 6.45) is 0. The molecule has 0 aromatic heterocycles. The van der Waals surface area contributed by atoms with Crippen molar-refractivity contribution in [2.45, 2.75) is 46.7 Å². The zero-order valence-corrected chi connectivity index (χ0v) is 11.6. The van der Waals surface area contributed by atoms with Gasteiger partial charge in [-0.05, 0) is 43.4 Å². The van der Waals surface area contributed by atoms with Gasteiger partial charge >= 0.3 is 0 Å². The number of rotatable bonds is 5. The summed E-state index contributed by atoms with van der Waals surface area (Å²) in [5.74, 6) is 0.439. The largest absolute Gasteiger partial charge is 0.395 e. The SMILES string of the molecule is Cc1ccc(C(C)NC(CO)C(C)C)cc1C. The summed E-state index contributed by atoms with van der Waals surface area (Å²) in [5, 5.41) is 12.8. The Balaban J connectivity index is 2.75. The predicted octanol–water partition coefficient (Wildman–Crippen LogP) is 2.97. The van der Waals surface area contributed by atoms with Crippen LogP contribution in [0.15, 0.2) is 18.2 Å². The third kappa shape index (κ3) is 3.83. The quantitative estimate of drug-likeness (QED) is 0.822. The summed E-state index contributed by atoms with van der Waals surface area (Å²) in [4.78, 5) is 0. The lowest BCUT2D eigenvalue weighted by Crippen LogP contribution is -2.38. The summed E-state index contributed by atoms with van der Waals surface area (Å²) < 4.78 is 0. The van der Waals surface area contributed by atoms with E-state index in [4.69, 9.17) is 0 Å². The lowest BCUT2D eigenvalue weighted by Gasteiger charge is -2.25. The van der Waals surface area contributed by atoms with Gasteiger partial charge in [0.15, 0.2) is 0 Å². The van der Waals surface area contributed by atoms with E-state index in [-0.39, 0.29) is 18.7 Å². The summed E-state index contributed by atoms with van der Waals surface area (Å²) >= 11 is 0. The highest BCUT2D eigenvalue weighted by atomic mass is 16.3. The Morgan fingerprint density at radius 2 is 1.76 bits per heavy atom. The Hall–Kier alpha value is -0.860. The first-order valence-corrected chi connectivity index (χ1v) is 6.39. The van der Waals surface area contributed by atoms with Crippen LogP contribution in [-0.4, -0.2) is 17.8 Å². The first-order chi connectivity index (χ1) is 7.95. The molecule has 1 rings (SSSR count). The third-order valence-corrected chi connectivity index (χ3v) is 3.50. The molecule has 0 aliphatic carbocycles. The fraction of sp³-hybridized carbons (Fsp3) is 0.600. The monoisotopic (exact) mass is 235 g/mol. The van der Waals surface area contributed by atoms with Gasteiger partial charge in [-0.1, -0.05) is 32.0 Å². The average molecular weight is 235 g/mol. The minimum Gasteiger partial charge on any atom is -0.395 e. The van der Waals surface area contributed by atoms with Crippen LogP contribution in [0.3, 0.4) is 0 Å². The molecule has 1 aromatic carbocycles. The Bertz CT molecular complexity index is 360. The Labute approximate surface area is 105 Å². The molecule has 0 fully saturated rings. The molecule has 0 saturated carbocycles. The number of hydrogen-bond acceptors (Lipinski definition) is 2. The van der Waals surface area contributed by atoms with Crippen molar-refractivity contribution in [1.82, 2.24) is 5.32 Å². The van der Waals surface area contributed by atoms with Gasteiger partial charge < -0.3 is 10.4 Å². The van der Waals surface area contributed by atoms with E-state index in [1.54, 1.807) is 0 Å². The van der Waals surface area contributed by atoms with Gasteiger partial charge in [0.05, 0.1) is 6.61 Å². The molecule has 0 radical (unpaired) electrons. The molecule has 1 aromatic rings. The van der Waals surface area contributed by atoms with Crippen molar-refractivity contribution in [3.63, 3.8) is 0 Å². The maximum atomic E-state index is 9.33. The van der Waals surface area contributed by atoms with E-state index >= 15 is 0 Å². The highest BCUT2D eigenvalue weighted by Crippen LogP contribution is 2.18. The van der Waals surface area contributed by atoms with Gasteiger partial charge in [-0.3, -0.25) is 0 Å². The van der Waals surface area contributed by atoms with Gasteiger partial charge in [0.2, 0.25) is 0 Å². The molecule has 2 unspecified atom stereocenters. The van der Waals surface area contributed by atoms with E-state index in [2.05, 4.69) is 58.1 Å². The van der Waals surface area contributed by atoms with Crippen LogP contribution in [0.2, 0.25) is 0 Å². The molecule has 2 heteroatoms. The van der Waals surface area contributed by atoms with Crippen molar-refractivity contribution in [2.24, 2.45) is 5.92 Å². The molecule has 2 nitrogen and oxygen atoms in total. The molecule has 0 bridgehead atoms. The number of aliphatic hydroxyl groups is 1. The molecular weight excluding hydrogens is 210 g/mol. The first kappa shape index (κ1) is 14.2. The maximum absolute atomic E-state index is 9.33. The van der Waals surface area contributed by atoms with Crippen molar-refractivity contribution in [2.75, 3.05) is 6.61 Å². The van der Waals surface area contributed by atoms with Gasteiger partial charge in [0.25, 0.3) is 0 Å². The molecule has 2 atom stereocenters. The second kappa shape index (κ2) is 6.18. The van der Waals surface area contributed by atoms with E-state index in [9.17, 15) is 5.11 Å². The highest BCUT2D eigenvalue weighted by molar-refractivity contribution is 5.31. The van der Waals surface area contributed by atoms with Crippen LogP contribution >= 0.6 is 0 Å². The van der Waals surface area contributed by atoms with Crippen LogP contribution in [0.25, 0.3) is 0 Å². The summed E-state index contributed by atoms with van der Waals surface area (Å²) in [5.41, 5.74) is 3.93. The van der Waals surface area contributed by atoms with Gasteiger partial charge in [-0.25, -0.2) is 0 Å². The molecule has 17 heavy (non-hydrogen) atoms. The second-order valence-electron chi connectivity index (χ2n) is 5.27. The molecular formula is C15H25NO. The van der Waals surface area contributed by atoms with Crippen LogP contribution in [0.5, 0.6) is 0 Å². The lowest BCUT2D eigenvalue weighted by atomic mass is 9.99. The predicted molar refractivity (Wildman–Crippen MR) is 73.2 cm³/mol. The standard InChI is InChI=1S/C15H25NO/c1-10(2)15(9-17)16-13(5)14-7-6-11(3)12(4)8-14/h6-8,10,13,15-17H,9H2,1-5H3. The zero-order valence-electron chi connectivity index (χ0n) is 11.6. The molecule has 96 valence electrons. The number of nitrogens with one attached hydrogen (secondary N) is 1. The minimum absolute atomic E-state index is 0.159. The lowest BCUT2D eigenvalue weighted by molar-refractivity contribution is 0.201. The number of benzene rings is 1. The molecule has 0 aliphatic rings. The number of aliphatic hydroxyl groups excluding tert-OH is 1. The van der Waals surface area contributed by atoms with Crippen LogP contribution < -0.4 is 5.32 Å². The zero-order chi connectivity index (χ0) is 13.0. The molecule has 0 saturated heterocycles. The molecule has 0 spiro atoms. The minimum atomic E-state index is 0.159. The Kier molecular flexibility index (Phi) is 5.16. The van der Waals surface area contributed by atoms with Crippen LogP contribution in [0.4, 0.5) is 0 Å². The van der Waals surface area contributed by atoms with Crippen molar-refractivity contribution >= 4 is 0 Å². The van der Waals surface area contributed by atoms with Crippen molar-refractivity contribution in [1.29, 1.82) is 0 Å². The topological polar surface area (TPSA) is 32.3 Å². The summed E-state index contributed by atoms with van der Waals surface area (Å²) in [7, 11) is 0. The van der Waals surface area contributed by atoms with Gasteiger partial charge in [-0.15, -0.1) is 0 Å².